The smallest absolute Gasteiger partial charge is 0.119 e. The van der Waals surface area contributed by atoms with Crippen LogP contribution in [0.2, 0.25) is 0 Å². The lowest BCUT2D eigenvalue weighted by Gasteiger charge is -2.22. The Morgan fingerprint density at radius 3 is 2.53 bits per heavy atom. The second kappa shape index (κ2) is 5.57. The Hall–Kier alpha value is -1.61. The van der Waals surface area contributed by atoms with Crippen molar-refractivity contribution in [3.8, 4) is 5.75 Å². The van der Waals surface area contributed by atoms with E-state index in [9.17, 15) is 0 Å². The zero-order valence-corrected chi connectivity index (χ0v) is 12.2. The van der Waals surface area contributed by atoms with Gasteiger partial charge in [-0.05, 0) is 29.3 Å². The molecule has 19 heavy (non-hydrogen) atoms. The SMILES string of the molecule is CC(C)(CCOc1ccc2ccccc2c1)C(N)=S. The second-order valence-corrected chi connectivity index (χ2v) is 5.80. The standard InChI is InChI=1S/C16H19NOS/c1-16(2,15(17)19)9-10-18-14-8-7-12-5-3-4-6-13(12)11-14/h3-8,11H,9-10H2,1-2H3,(H2,17,19). The Kier molecular flexibility index (Phi) is 4.05. The summed E-state index contributed by atoms with van der Waals surface area (Å²) >= 11 is 5.05. The molecular weight excluding hydrogens is 254 g/mol. The summed E-state index contributed by atoms with van der Waals surface area (Å²) in [7, 11) is 0. The minimum atomic E-state index is -0.161. The highest BCUT2D eigenvalue weighted by atomic mass is 32.1. The number of fused-ring (bicyclic) bond motifs is 1. The number of thiocarbonyl (C=S) groups is 1. The summed E-state index contributed by atoms with van der Waals surface area (Å²) in [5.74, 6) is 0.887. The predicted octanol–water partition coefficient (Wildman–Crippen LogP) is 3.92. The molecular formula is C16H19NOS. The van der Waals surface area contributed by atoms with Crippen LogP contribution in [0.25, 0.3) is 10.8 Å². The van der Waals surface area contributed by atoms with Gasteiger partial charge >= 0.3 is 0 Å². The molecule has 3 heteroatoms. The van der Waals surface area contributed by atoms with Crippen LogP contribution in [0.3, 0.4) is 0 Å². The highest BCUT2D eigenvalue weighted by Gasteiger charge is 2.21. The molecule has 2 nitrogen and oxygen atoms in total. The van der Waals surface area contributed by atoms with Crippen molar-refractivity contribution in [2.24, 2.45) is 11.1 Å². The van der Waals surface area contributed by atoms with Crippen molar-refractivity contribution in [2.45, 2.75) is 20.3 Å². The number of hydrogen-bond donors (Lipinski definition) is 1. The van der Waals surface area contributed by atoms with Crippen LogP contribution in [0.15, 0.2) is 42.5 Å². The molecule has 0 saturated heterocycles. The second-order valence-electron chi connectivity index (χ2n) is 5.36. The molecule has 0 radical (unpaired) electrons. The van der Waals surface area contributed by atoms with Gasteiger partial charge in [-0.25, -0.2) is 0 Å². The van der Waals surface area contributed by atoms with E-state index >= 15 is 0 Å². The normalized spacial score (nSPS) is 11.5. The topological polar surface area (TPSA) is 35.2 Å². The third kappa shape index (κ3) is 3.44. The molecule has 2 rings (SSSR count). The molecule has 0 bridgehead atoms. The number of benzene rings is 2. The van der Waals surface area contributed by atoms with Crippen molar-refractivity contribution in [1.29, 1.82) is 0 Å². The van der Waals surface area contributed by atoms with Crippen molar-refractivity contribution in [3.05, 3.63) is 42.5 Å². The zero-order chi connectivity index (χ0) is 13.9. The Morgan fingerprint density at radius 1 is 1.16 bits per heavy atom. The van der Waals surface area contributed by atoms with E-state index in [-0.39, 0.29) is 5.41 Å². The van der Waals surface area contributed by atoms with Crippen molar-refractivity contribution >= 4 is 28.0 Å². The van der Waals surface area contributed by atoms with Crippen molar-refractivity contribution < 1.29 is 4.74 Å². The fraction of sp³-hybridized carbons (Fsp3) is 0.312. The molecule has 0 atom stereocenters. The predicted molar refractivity (Wildman–Crippen MR) is 84.6 cm³/mol. The van der Waals surface area contributed by atoms with E-state index in [2.05, 4.69) is 24.3 Å². The van der Waals surface area contributed by atoms with Crippen molar-refractivity contribution in [1.82, 2.24) is 0 Å². The molecule has 100 valence electrons. The molecule has 0 aliphatic rings. The van der Waals surface area contributed by atoms with Crippen molar-refractivity contribution in [3.63, 3.8) is 0 Å². The van der Waals surface area contributed by atoms with Crippen LogP contribution >= 0.6 is 12.2 Å². The quantitative estimate of drug-likeness (QED) is 0.839. The summed E-state index contributed by atoms with van der Waals surface area (Å²) in [6.07, 6.45) is 0.815. The molecule has 0 fully saturated rings. The zero-order valence-electron chi connectivity index (χ0n) is 11.3. The summed E-state index contributed by atoms with van der Waals surface area (Å²) < 4.78 is 5.78. The molecule has 2 aromatic rings. The minimum Gasteiger partial charge on any atom is -0.494 e. The van der Waals surface area contributed by atoms with Crippen LogP contribution in [-0.2, 0) is 0 Å². The Balaban J connectivity index is 2.00. The van der Waals surface area contributed by atoms with Gasteiger partial charge in [0, 0.05) is 5.41 Å². The lowest BCUT2D eigenvalue weighted by atomic mass is 9.90. The number of nitrogens with two attached hydrogens (primary N) is 1. The van der Waals surface area contributed by atoms with Crippen LogP contribution in [0, 0.1) is 5.41 Å². The number of hydrogen-bond acceptors (Lipinski definition) is 2. The van der Waals surface area contributed by atoms with Gasteiger partial charge < -0.3 is 10.5 Å². The van der Waals surface area contributed by atoms with Crippen molar-refractivity contribution in [2.75, 3.05) is 6.61 Å². The Morgan fingerprint density at radius 2 is 1.84 bits per heavy atom. The molecule has 0 aromatic heterocycles. The first kappa shape index (κ1) is 13.8. The van der Waals surface area contributed by atoms with Gasteiger partial charge in [-0.3, -0.25) is 0 Å². The van der Waals surface area contributed by atoms with Gasteiger partial charge in [-0.15, -0.1) is 0 Å². The van der Waals surface area contributed by atoms with Crippen LogP contribution in [0.4, 0.5) is 0 Å². The molecule has 0 amide bonds. The van der Waals surface area contributed by atoms with Crippen LogP contribution < -0.4 is 10.5 Å². The molecule has 0 aliphatic carbocycles. The van der Waals surface area contributed by atoms with Gasteiger partial charge in [0.15, 0.2) is 0 Å². The Bertz CT molecular complexity index is 592. The first-order valence-corrected chi connectivity index (χ1v) is 6.81. The summed E-state index contributed by atoms with van der Waals surface area (Å²) in [4.78, 5) is 0.537. The largest absolute Gasteiger partial charge is 0.494 e. The van der Waals surface area contributed by atoms with E-state index in [1.54, 1.807) is 0 Å². The third-order valence-corrected chi connectivity index (χ3v) is 3.94. The van der Waals surface area contributed by atoms with Gasteiger partial charge in [-0.1, -0.05) is 56.4 Å². The van der Waals surface area contributed by atoms with E-state index in [0.29, 0.717) is 11.6 Å². The van der Waals surface area contributed by atoms with Gasteiger partial charge in [0.05, 0.1) is 11.6 Å². The third-order valence-electron chi connectivity index (χ3n) is 3.38. The summed E-state index contributed by atoms with van der Waals surface area (Å²) in [6.45, 7) is 4.70. The lowest BCUT2D eigenvalue weighted by Crippen LogP contribution is -2.31. The first-order chi connectivity index (χ1) is 8.99. The van der Waals surface area contributed by atoms with Crippen LogP contribution in [0.5, 0.6) is 5.75 Å². The minimum absolute atomic E-state index is 0.161. The fourth-order valence-corrected chi connectivity index (χ4v) is 1.91. The number of ether oxygens (including phenoxy) is 1. The summed E-state index contributed by atoms with van der Waals surface area (Å²) in [6, 6.07) is 14.4. The average Bonchev–Trinajstić information content (AvgIpc) is 2.38. The fourth-order valence-electron chi connectivity index (χ4n) is 1.80. The first-order valence-electron chi connectivity index (χ1n) is 6.40. The van der Waals surface area contributed by atoms with E-state index in [1.807, 2.05) is 32.0 Å². The molecule has 2 aromatic carbocycles. The summed E-state index contributed by atoms with van der Waals surface area (Å²) in [5.41, 5.74) is 5.54. The maximum atomic E-state index is 5.78. The molecule has 0 saturated carbocycles. The van der Waals surface area contributed by atoms with E-state index in [0.717, 1.165) is 12.2 Å². The molecule has 2 N–H and O–H groups in total. The van der Waals surface area contributed by atoms with Crippen LogP contribution in [-0.4, -0.2) is 11.6 Å². The van der Waals surface area contributed by atoms with E-state index < -0.39 is 0 Å². The van der Waals surface area contributed by atoms with Crippen LogP contribution in [0.1, 0.15) is 20.3 Å². The highest BCUT2D eigenvalue weighted by molar-refractivity contribution is 7.80. The maximum Gasteiger partial charge on any atom is 0.119 e. The molecule has 0 heterocycles. The van der Waals surface area contributed by atoms with Gasteiger partial charge in [0.25, 0.3) is 0 Å². The molecule has 0 spiro atoms. The average molecular weight is 273 g/mol. The molecule has 0 aliphatic heterocycles. The number of rotatable bonds is 5. The summed E-state index contributed by atoms with van der Waals surface area (Å²) in [5, 5.41) is 2.41. The highest BCUT2D eigenvalue weighted by Crippen LogP contribution is 2.23. The maximum absolute atomic E-state index is 5.78. The van der Waals surface area contributed by atoms with Gasteiger partial charge in [0.2, 0.25) is 0 Å². The van der Waals surface area contributed by atoms with Gasteiger partial charge in [-0.2, -0.15) is 0 Å². The lowest BCUT2D eigenvalue weighted by molar-refractivity contribution is 0.271. The monoisotopic (exact) mass is 273 g/mol. The molecule has 0 unspecified atom stereocenters. The van der Waals surface area contributed by atoms with E-state index in [1.165, 1.54) is 10.8 Å². The Labute approximate surface area is 119 Å². The van der Waals surface area contributed by atoms with E-state index in [4.69, 9.17) is 22.7 Å². The van der Waals surface area contributed by atoms with Gasteiger partial charge in [0.1, 0.15) is 5.75 Å².